The van der Waals surface area contributed by atoms with Crippen LogP contribution in [-0.4, -0.2) is 61.1 Å². The predicted octanol–water partition coefficient (Wildman–Crippen LogP) is 1.95. The highest BCUT2D eigenvalue weighted by Gasteiger charge is 2.33. The fourth-order valence-electron chi connectivity index (χ4n) is 2.95. The lowest BCUT2D eigenvalue weighted by atomic mass is 10.1. The van der Waals surface area contributed by atoms with Gasteiger partial charge in [0.25, 0.3) is 0 Å². The molecule has 2 amide bonds. The fourth-order valence-corrected chi connectivity index (χ4v) is 2.95. The van der Waals surface area contributed by atoms with Crippen molar-refractivity contribution in [3.8, 4) is 5.75 Å². The van der Waals surface area contributed by atoms with Gasteiger partial charge in [-0.1, -0.05) is 19.9 Å². The minimum absolute atomic E-state index is 0.00952. The second-order valence-corrected chi connectivity index (χ2v) is 7.11. The molecule has 1 aliphatic heterocycles. The van der Waals surface area contributed by atoms with Gasteiger partial charge in [0, 0.05) is 24.8 Å². The number of hydrogen-bond donors (Lipinski definition) is 2. The van der Waals surface area contributed by atoms with E-state index in [0.29, 0.717) is 37.6 Å². The number of piperazine rings is 1. The molecule has 2 N–H and O–H groups in total. The Morgan fingerprint density at radius 2 is 2.14 bits per heavy atom. The maximum atomic E-state index is 12.5. The molecule has 1 aliphatic rings. The Balaban J connectivity index is 1.96. The second-order valence-electron chi connectivity index (χ2n) is 7.11. The number of carbonyl (C=O) groups is 3. The van der Waals surface area contributed by atoms with E-state index in [-0.39, 0.29) is 30.9 Å². The molecule has 160 valence electrons. The van der Waals surface area contributed by atoms with Gasteiger partial charge in [-0.15, -0.1) is 0 Å². The first-order valence-corrected chi connectivity index (χ1v) is 10.2. The molecule has 0 bridgehead atoms. The second kappa shape index (κ2) is 11.4. The number of rotatable bonds is 10. The molecule has 2 atom stereocenters. The summed E-state index contributed by atoms with van der Waals surface area (Å²) in [6, 6.07) is 6.50. The summed E-state index contributed by atoms with van der Waals surface area (Å²) in [6.45, 7) is 7.18. The average Bonchev–Trinajstić information content (AvgIpc) is 2.69. The summed E-state index contributed by atoms with van der Waals surface area (Å²) in [5, 5.41) is 5.58. The highest BCUT2D eigenvalue weighted by atomic mass is 16.5. The number of benzene rings is 1. The third-order valence-electron chi connectivity index (χ3n) is 4.65. The van der Waals surface area contributed by atoms with E-state index in [2.05, 4.69) is 10.6 Å². The van der Waals surface area contributed by atoms with Crippen molar-refractivity contribution in [2.75, 3.05) is 31.6 Å². The van der Waals surface area contributed by atoms with Gasteiger partial charge in [0.2, 0.25) is 11.8 Å². The lowest BCUT2D eigenvalue weighted by Gasteiger charge is -2.33. The zero-order valence-electron chi connectivity index (χ0n) is 17.4. The van der Waals surface area contributed by atoms with Crippen LogP contribution >= 0.6 is 0 Å². The Morgan fingerprint density at radius 1 is 1.34 bits per heavy atom. The number of hydrogen-bond acceptors (Lipinski definition) is 6. The van der Waals surface area contributed by atoms with Crippen LogP contribution in [-0.2, 0) is 19.1 Å². The summed E-state index contributed by atoms with van der Waals surface area (Å²) in [6.07, 6.45) is 1.61. The molecule has 0 aliphatic carbocycles. The quantitative estimate of drug-likeness (QED) is 0.578. The maximum Gasteiger partial charge on any atom is 0.307 e. The lowest BCUT2D eigenvalue weighted by Crippen LogP contribution is -2.57. The molecule has 0 saturated carbocycles. The Bertz CT molecular complexity index is 709. The van der Waals surface area contributed by atoms with Crippen LogP contribution in [0.3, 0.4) is 0 Å². The molecule has 0 spiro atoms. The normalized spacial score (nSPS) is 17.9. The van der Waals surface area contributed by atoms with Crippen molar-refractivity contribution in [3.05, 3.63) is 24.3 Å². The number of anilines is 1. The minimum Gasteiger partial charge on any atom is -0.491 e. The first kappa shape index (κ1) is 22.7. The Labute approximate surface area is 171 Å². The van der Waals surface area contributed by atoms with Crippen molar-refractivity contribution in [1.29, 1.82) is 0 Å². The van der Waals surface area contributed by atoms with Gasteiger partial charge in [0.15, 0.2) is 0 Å². The number of nitrogens with zero attached hydrogens (tertiary/aromatic N) is 1. The molecular weight excluding hydrogens is 374 g/mol. The molecule has 8 nitrogen and oxygen atoms in total. The van der Waals surface area contributed by atoms with Crippen LogP contribution in [0.15, 0.2) is 24.3 Å². The third-order valence-corrected chi connectivity index (χ3v) is 4.65. The largest absolute Gasteiger partial charge is 0.491 e. The fraction of sp³-hybridized carbons (Fsp3) is 0.571. The molecular formula is C21H31N3O5. The first-order valence-electron chi connectivity index (χ1n) is 10.2. The Hall–Kier alpha value is -2.61. The first-order chi connectivity index (χ1) is 13.9. The number of carbonyl (C=O) groups excluding carboxylic acids is 3. The van der Waals surface area contributed by atoms with Crippen LogP contribution in [0, 0.1) is 0 Å². The monoisotopic (exact) mass is 405 g/mol. The van der Waals surface area contributed by atoms with E-state index in [1.165, 1.54) is 0 Å². The summed E-state index contributed by atoms with van der Waals surface area (Å²) in [5.74, 6) is -0.269. The molecule has 1 heterocycles. The molecule has 1 aromatic carbocycles. The molecule has 1 fully saturated rings. The number of amides is 2. The van der Waals surface area contributed by atoms with Gasteiger partial charge >= 0.3 is 5.97 Å². The van der Waals surface area contributed by atoms with Crippen LogP contribution in [0.5, 0.6) is 5.75 Å². The van der Waals surface area contributed by atoms with Gasteiger partial charge in [-0.2, -0.15) is 0 Å². The average molecular weight is 405 g/mol. The van der Waals surface area contributed by atoms with Gasteiger partial charge in [0.05, 0.1) is 25.7 Å². The van der Waals surface area contributed by atoms with Crippen LogP contribution < -0.4 is 15.4 Å². The number of esters is 1. The molecule has 0 aromatic heterocycles. The SMILES string of the molecule is CCCOC(=O)CC1C(=O)NCCN1CC(=O)Nc1cccc(OC(C)CC)c1. The van der Waals surface area contributed by atoms with E-state index in [9.17, 15) is 14.4 Å². The third kappa shape index (κ3) is 7.38. The summed E-state index contributed by atoms with van der Waals surface area (Å²) < 4.78 is 10.9. The van der Waals surface area contributed by atoms with E-state index >= 15 is 0 Å². The van der Waals surface area contributed by atoms with Crippen LogP contribution in [0.1, 0.15) is 40.0 Å². The smallest absolute Gasteiger partial charge is 0.307 e. The van der Waals surface area contributed by atoms with Crippen molar-refractivity contribution >= 4 is 23.5 Å². The van der Waals surface area contributed by atoms with Gasteiger partial charge in [0.1, 0.15) is 11.8 Å². The van der Waals surface area contributed by atoms with Gasteiger partial charge < -0.3 is 20.1 Å². The Morgan fingerprint density at radius 3 is 2.86 bits per heavy atom. The van der Waals surface area contributed by atoms with Gasteiger partial charge in [-0.3, -0.25) is 19.3 Å². The van der Waals surface area contributed by atoms with Crippen LogP contribution in [0.4, 0.5) is 5.69 Å². The topological polar surface area (TPSA) is 97.0 Å². The summed E-state index contributed by atoms with van der Waals surface area (Å²) in [4.78, 5) is 38.4. The summed E-state index contributed by atoms with van der Waals surface area (Å²) >= 11 is 0. The molecule has 2 unspecified atom stereocenters. The van der Waals surface area contributed by atoms with E-state index < -0.39 is 12.0 Å². The standard InChI is InChI=1S/C21H31N3O5/c1-4-11-28-20(26)13-18-21(27)22-9-10-24(18)14-19(25)23-16-7-6-8-17(12-16)29-15(3)5-2/h6-8,12,15,18H,4-5,9-11,13-14H2,1-3H3,(H,22,27)(H,23,25). The molecule has 29 heavy (non-hydrogen) atoms. The maximum absolute atomic E-state index is 12.5. The van der Waals surface area contributed by atoms with Gasteiger partial charge in [-0.25, -0.2) is 0 Å². The van der Waals surface area contributed by atoms with Crippen LogP contribution in [0.2, 0.25) is 0 Å². The molecule has 2 rings (SSSR count). The molecule has 0 radical (unpaired) electrons. The van der Waals surface area contributed by atoms with Crippen molar-refractivity contribution in [1.82, 2.24) is 10.2 Å². The van der Waals surface area contributed by atoms with Crippen molar-refractivity contribution in [3.63, 3.8) is 0 Å². The minimum atomic E-state index is -0.709. The van der Waals surface area contributed by atoms with Crippen molar-refractivity contribution in [2.45, 2.75) is 52.2 Å². The van der Waals surface area contributed by atoms with Gasteiger partial charge in [-0.05, 0) is 31.9 Å². The lowest BCUT2D eigenvalue weighted by molar-refractivity contribution is -0.148. The van der Waals surface area contributed by atoms with Crippen molar-refractivity contribution in [2.24, 2.45) is 0 Å². The zero-order chi connectivity index (χ0) is 21.2. The number of nitrogens with one attached hydrogen (secondary N) is 2. The van der Waals surface area contributed by atoms with E-state index in [1.54, 1.807) is 17.0 Å². The molecule has 1 saturated heterocycles. The molecule has 8 heteroatoms. The summed E-state index contributed by atoms with van der Waals surface area (Å²) in [7, 11) is 0. The highest BCUT2D eigenvalue weighted by molar-refractivity contribution is 5.93. The number of ether oxygens (including phenoxy) is 2. The predicted molar refractivity (Wildman–Crippen MR) is 110 cm³/mol. The van der Waals surface area contributed by atoms with Crippen molar-refractivity contribution < 1.29 is 23.9 Å². The highest BCUT2D eigenvalue weighted by Crippen LogP contribution is 2.19. The van der Waals surface area contributed by atoms with Crippen LogP contribution in [0.25, 0.3) is 0 Å². The van der Waals surface area contributed by atoms with E-state index in [0.717, 1.165) is 6.42 Å². The van der Waals surface area contributed by atoms with E-state index in [4.69, 9.17) is 9.47 Å². The Kier molecular flexibility index (Phi) is 8.92. The summed E-state index contributed by atoms with van der Waals surface area (Å²) in [5.41, 5.74) is 0.621. The van der Waals surface area contributed by atoms with E-state index in [1.807, 2.05) is 32.9 Å². The molecule has 1 aromatic rings. The zero-order valence-corrected chi connectivity index (χ0v) is 17.4.